The summed E-state index contributed by atoms with van der Waals surface area (Å²) in [7, 11) is 0. The first-order valence-electron chi connectivity index (χ1n) is 17.4. The van der Waals surface area contributed by atoms with E-state index >= 15 is 0 Å². The van der Waals surface area contributed by atoms with Crippen LogP contribution in [0.25, 0.3) is 0 Å². The summed E-state index contributed by atoms with van der Waals surface area (Å²) in [5, 5.41) is 21.6. The Bertz CT molecular complexity index is 1440. The van der Waals surface area contributed by atoms with E-state index in [1.165, 1.54) is 58.2 Å². The predicted octanol–water partition coefficient (Wildman–Crippen LogP) is 5.44. The van der Waals surface area contributed by atoms with E-state index < -0.39 is 12.2 Å². The number of β-amino-alcohol motifs (C(OH)–C–C–N with tert-alkyl or cyclic N) is 2. The van der Waals surface area contributed by atoms with E-state index in [0.717, 1.165) is 70.5 Å². The fourth-order valence-electron chi connectivity index (χ4n) is 8.13. The Morgan fingerprint density at radius 2 is 1.36 bits per heavy atom. The van der Waals surface area contributed by atoms with Crippen LogP contribution in [0.2, 0.25) is 0 Å². The Kier molecular flexibility index (Phi) is 9.85. The van der Waals surface area contributed by atoms with Crippen LogP contribution in [-0.2, 0) is 43.5 Å². The number of aryl methyl sites for hydroxylation is 2. The van der Waals surface area contributed by atoms with Gasteiger partial charge in [0.2, 0.25) is 0 Å². The Morgan fingerprint density at radius 3 is 2.20 bits per heavy atom. The maximum absolute atomic E-state index is 10.8. The van der Waals surface area contributed by atoms with Crippen molar-refractivity contribution in [2.24, 2.45) is 0 Å². The normalized spacial score (nSPS) is 23.2. The second-order valence-corrected chi connectivity index (χ2v) is 14.0. The van der Waals surface area contributed by atoms with Gasteiger partial charge in [0.1, 0.15) is 18.5 Å². The van der Waals surface area contributed by atoms with Crippen LogP contribution in [0.3, 0.4) is 0 Å². The fraction of sp³-hybridized carbons (Fsp3) is 0.538. The lowest BCUT2D eigenvalue weighted by Crippen LogP contribution is -2.39. The van der Waals surface area contributed by atoms with Crippen molar-refractivity contribution in [2.45, 2.75) is 95.1 Å². The van der Waals surface area contributed by atoms with Gasteiger partial charge in [0.15, 0.2) is 0 Å². The zero-order valence-corrected chi connectivity index (χ0v) is 26.7. The summed E-state index contributed by atoms with van der Waals surface area (Å²) in [5.74, 6) is 1.37. The molecule has 2 heterocycles. The van der Waals surface area contributed by atoms with Crippen molar-refractivity contribution >= 4 is 0 Å². The molecule has 45 heavy (non-hydrogen) atoms. The summed E-state index contributed by atoms with van der Waals surface area (Å²) >= 11 is 0. The lowest BCUT2D eigenvalue weighted by Gasteiger charge is -2.33. The second kappa shape index (κ2) is 14.4. The third-order valence-electron chi connectivity index (χ3n) is 10.6. The van der Waals surface area contributed by atoms with Crippen molar-refractivity contribution in [1.82, 2.24) is 9.80 Å². The lowest BCUT2D eigenvalue weighted by atomic mass is 9.81. The molecule has 2 N–H and O–H groups in total. The molecule has 6 nitrogen and oxygen atoms in total. The zero-order chi connectivity index (χ0) is 30.6. The van der Waals surface area contributed by atoms with Gasteiger partial charge in [0.25, 0.3) is 0 Å². The van der Waals surface area contributed by atoms with Gasteiger partial charge in [-0.25, -0.2) is 0 Å². The van der Waals surface area contributed by atoms with Gasteiger partial charge in [0, 0.05) is 39.3 Å². The highest BCUT2D eigenvalue weighted by atomic mass is 16.5. The van der Waals surface area contributed by atoms with Gasteiger partial charge in [-0.1, -0.05) is 55.0 Å². The van der Waals surface area contributed by atoms with Crippen molar-refractivity contribution in [2.75, 3.05) is 39.4 Å². The number of ether oxygens (including phenoxy) is 2. The molecule has 6 heteroatoms. The van der Waals surface area contributed by atoms with Gasteiger partial charge < -0.3 is 19.7 Å². The van der Waals surface area contributed by atoms with Crippen molar-refractivity contribution in [3.8, 4) is 5.75 Å². The number of hydrogen-bond donors (Lipinski definition) is 2. The molecule has 0 radical (unpaired) electrons. The fourth-order valence-corrected chi connectivity index (χ4v) is 8.13. The van der Waals surface area contributed by atoms with Crippen molar-refractivity contribution in [1.29, 1.82) is 0 Å². The molecule has 3 aromatic carbocycles. The highest BCUT2D eigenvalue weighted by Gasteiger charge is 2.27. The standard InChI is InChI=1S/C39H50N2O4/c42-36(24-40-17-15-29-5-1-2-6-34(29)22-40)26-44-38-10-4-9-32(21-38)33-12-11-30-16-18-41(23-35(30)19-33)25-37(43)27-45-39-14-13-28-7-3-8-31(28)20-39/h1-2,5-6,11-14,19-20,32,36-38,42-43H,3-4,7-10,15-18,21-27H2. The Labute approximate surface area is 269 Å². The van der Waals surface area contributed by atoms with E-state index in [1.54, 1.807) is 0 Å². The molecule has 3 aromatic rings. The minimum atomic E-state index is -0.514. The van der Waals surface area contributed by atoms with E-state index in [4.69, 9.17) is 9.47 Å². The Morgan fingerprint density at radius 1 is 0.667 bits per heavy atom. The Balaban J connectivity index is 0.871. The molecule has 2 aliphatic heterocycles. The molecule has 4 unspecified atom stereocenters. The summed E-state index contributed by atoms with van der Waals surface area (Å²) in [6, 6.07) is 22.1. The van der Waals surface area contributed by atoms with Crippen LogP contribution in [0.15, 0.2) is 60.7 Å². The monoisotopic (exact) mass is 610 g/mol. The first-order chi connectivity index (χ1) is 22.1. The average Bonchev–Trinajstić information content (AvgIpc) is 3.54. The number of fused-ring (bicyclic) bond motifs is 3. The third kappa shape index (κ3) is 7.81. The van der Waals surface area contributed by atoms with Gasteiger partial charge in [-0.2, -0.15) is 0 Å². The van der Waals surface area contributed by atoms with E-state index in [0.29, 0.717) is 32.2 Å². The quantitative estimate of drug-likeness (QED) is 0.302. The number of rotatable bonds is 11. The summed E-state index contributed by atoms with van der Waals surface area (Å²) in [6.45, 7) is 5.78. The second-order valence-electron chi connectivity index (χ2n) is 14.0. The first kappa shape index (κ1) is 30.9. The summed E-state index contributed by atoms with van der Waals surface area (Å²) in [5.41, 5.74) is 9.92. The smallest absolute Gasteiger partial charge is 0.119 e. The maximum atomic E-state index is 10.8. The molecule has 7 rings (SSSR count). The predicted molar refractivity (Wildman–Crippen MR) is 178 cm³/mol. The molecule has 0 amide bonds. The van der Waals surface area contributed by atoms with Crippen LogP contribution in [0.5, 0.6) is 5.75 Å². The molecule has 0 saturated heterocycles. The molecule has 0 spiro atoms. The molecular weight excluding hydrogens is 560 g/mol. The summed E-state index contributed by atoms with van der Waals surface area (Å²) in [4.78, 5) is 4.73. The summed E-state index contributed by atoms with van der Waals surface area (Å²) < 4.78 is 12.3. The molecular formula is C39H50N2O4. The molecule has 1 saturated carbocycles. The number of benzene rings is 3. The molecule has 240 valence electrons. The van der Waals surface area contributed by atoms with E-state index in [1.807, 2.05) is 6.07 Å². The van der Waals surface area contributed by atoms with E-state index in [9.17, 15) is 10.2 Å². The Hall–Kier alpha value is -2.74. The number of nitrogens with zero attached hydrogens (tertiary/aromatic N) is 2. The van der Waals surface area contributed by atoms with E-state index in [-0.39, 0.29) is 6.10 Å². The molecule has 0 aromatic heterocycles. The minimum absolute atomic E-state index is 0.203. The zero-order valence-electron chi connectivity index (χ0n) is 26.7. The first-order valence-corrected chi connectivity index (χ1v) is 17.4. The van der Waals surface area contributed by atoms with Crippen LogP contribution in [0, 0.1) is 0 Å². The van der Waals surface area contributed by atoms with Crippen LogP contribution < -0.4 is 4.74 Å². The van der Waals surface area contributed by atoms with Gasteiger partial charge in [-0.15, -0.1) is 0 Å². The molecule has 4 atom stereocenters. The van der Waals surface area contributed by atoms with Gasteiger partial charge >= 0.3 is 0 Å². The molecule has 1 fully saturated rings. The lowest BCUT2D eigenvalue weighted by molar-refractivity contribution is -0.0372. The van der Waals surface area contributed by atoms with Gasteiger partial charge in [-0.3, -0.25) is 9.80 Å². The highest BCUT2D eigenvalue weighted by molar-refractivity contribution is 5.38. The largest absolute Gasteiger partial charge is 0.491 e. The SMILES string of the molecule is OC(COc1ccc2c(c1)CCC2)CN1CCc2ccc(C3CCCC(OCC(O)CN4CCc5ccccc5C4)C3)cc2C1. The minimum Gasteiger partial charge on any atom is -0.491 e. The highest BCUT2D eigenvalue weighted by Crippen LogP contribution is 2.36. The molecule has 4 aliphatic rings. The van der Waals surface area contributed by atoms with Crippen LogP contribution in [0.1, 0.15) is 77.0 Å². The van der Waals surface area contributed by atoms with Gasteiger partial charge in [-0.05, 0) is 108 Å². The number of aliphatic hydroxyl groups excluding tert-OH is 2. The van der Waals surface area contributed by atoms with Crippen molar-refractivity contribution in [3.63, 3.8) is 0 Å². The summed E-state index contributed by atoms with van der Waals surface area (Å²) in [6.07, 6.45) is 9.28. The van der Waals surface area contributed by atoms with Crippen LogP contribution in [-0.4, -0.2) is 77.7 Å². The number of aliphatic hydroxyl groups is 2. The molecule has 0 bridgehead atoms. The number of hydrogen-bond acceptors (Lipinski definition) is 6. The average molecular weight is 611 g/mol. The van der Waals surface area contributed by atoms with Crippen molar-refractivity contribution in [3.05, 3.63) is 99.6 Å². The van der Waals surface area contributed by atoms with Gasteiger partial charge in [0.05, 0.1) is 18.8 Å². The van der Waals surface area contributed by atoms with Crippen molar-refractivity contribution < 1.29 is 19.7 Å². The van der Waals surface area contributed by atoms with E-state index in [2.05, 4.69) is 64.4 Å². The van der Waals surface area contributed by atoms with Crippen LogP contribution in [0.4, 0.5) is 0 Å². The van der Waals surface area contributed by atoms with Crippen LogP contribution >= 0.6 is 0 Å². The maximum Gasteiger partial charge on any atom is 0.119 e. The third-order valence-corrected chi connectivity index (χ3v) is 10.6. The molecule has 2 aliphatic carbocycles. The topological polar surface area (TPSA) is 65.4 Å².